The fourth-order valence-corrected chi connectivity index (χ4v) is 4.25. The number of amides is 1. The molecule has 0 aliphatic heterocycles. The number of anilines is 2. The van der Waals surface area contributed by atoms with Gasteiger partial charge < -0.3 is 10.1 Å². The third-order valence-electron chi connectivity index (χ3n) is 5.11. The highest BCUT2D eigenvalue weighted by molar-refractivity contribution is 7.92. The van der Waals surface area contributed by atoms with E-state index in [1.807, 2.05) is 31.2 Å². The van der Waals surface area contributed by atoms with Crippen LogP contribution in [0.2, 0.25) is 0 Å². The SMILES string of the molecule is Cc1ccc(S(=O)(=O)N(C)c2ccc(OCC(=O)Nc3ccc(C(C)C)cc3)cc2)cc1. The molecule has 0 spiro atoms. The first kappa shape index (κ1) is 23.3. The molecule has 0 heterocycles. The Balaban J connectivity index is 1.58. The number of rotatable bonds is 8. The fourth-order valence-electron chi connectivity index (χ4n) is 3.06. The van der Waals surface area contributed by atoms with Crippen LogP contribution in [0.15, 0.2) is 77.7 Å². The van der Waals surface area contributed by atoms with Gasteiger partial charge in [-0.2, -0.15) is 0 Å². The molecule has 0 saturated carbocycles. The predicted octanol–water partition coefficient (Wildman–Crippen LogP) is 4.96. The Labute approximate surface area is 189 Å². The molecule has 3 aromatic rings. The molecule has 0 aromatic heterocycles. The van der Waals surface area contributed by atoms with Crippen LogP contribution in [0, 0.1) is 6.92 Å². The number of nitrogens with zero attached hydrogens (tertiary/aromatic N) is 1. The number of hydrogen-bond donors (Lipinski definition) is 1. The van der Waals surface area contributed by atoms with Crippen molar-refractivity contribution < 1.29 is 17.9 Å². The predicted molar refractivity (Wildman–Crippen MR) is 128 cm³/mol. The maximum Gasteiger partial charge on any atom is 0.264 e. The Morgan fingerprint density at radius 2 is 1.53 bits per heavy atom. The Bertz CT molecular complexity index is 1150. The molecule has 3 aromatic carbocycles. The summed E-state index contributed by atoms with van der Waals surface area (Å²) < 4.78 is 32.4. The lowest BCUT2D eigenvalue weighted by Crippen LogP contribution is -2.26. The zero-order valence-corrected chi connectivity index (χ0v) is 19.5. The van der Waals surface area contributed by atoms with Crippen LogP contribution in [0.1, 0.15) is 30.9 Å². The minimum atomic E-state index is -3.66. The number of ether oxygens (including phenoxy) is 1. The lowest BCUT2D eigenvalue weighted by atomic mass is 10.0. The molecule has 0 radical (unpaired) electrons. The molecular formula is C25H28N2O4S. The first-order valence-electron chi connectivity index (χ1n) is 10.3. The van der Waals surface area contributed by atoms with Gasteiger partial charge >= 0.3 is 0 Å². The third-order valence-corrected chi connectivity index (χ3v) is 6.91. The smallest absolute Gasteiger partial charge is 0.264 e. The second kappa shape index (κ2) is 9.87. The van der Waals surface area contributed by atoms with Crippen LogP contribution in [0.5, 0.6) is 5.75 Å². The summed E-state index contributed by atoms with van der Waals surface area (Å²) in [7, 11) is -2.16. The normalized spacial score (nSPS) is 11.3. The maximum atomic E-state index is 12.8. The summed E-state index contributed by atoms with van der Waals surface area (Å²) in [5.41, 5.74) is 3.40. The molecule has 6 nitrogen and oxygen atoms in total. The Kier molecular flexibility index (Phi) is 7.20. The van der Waals surface area contributed by atoms with E-state index in [0.717, 1.165) is 5.56 Å². The van der Waals surface area contributed by atoms with Gasteiger partial charge in [-0.15, -0.1) is 0 Å². The number of sulfonamides is 1. The van der Waals surface area contributed by atoms with Crippen molar-refractivity contribution >= 4 is 27.3 Å². The van der Waals surface area contributed by atoms with Crippen molar-refractivity contribution in [2.24, 2.45) is 0 Å². The lowest BCUT2D eigenvalue weighted by Gasteiger charge is -2.20. The first-order chi connectivity index (χ1) is 15.2. The summed E-state index contributed by atoms with van der Waals surface area (Å²) in [6.07, 6.45) is 0. The Morgan fingerprint density at radius 1 is 0.938 bits per heavy atom. The fraction of sp³-hybridized carbons (Fsp3) is 0.240. The summed E-state index contributed by atoms with van der Waals surface area (Å²) in [6.45, 7) is 5.98. The highest BCUT2D eigenvalue weighted by Crippen LogP contribution is 2.24. The maximum absolute atomic E-state index is 12.8. The summed E-state index contributed by atoms with van der Waals surface area (Å²) in [5, 5.41) is 2.80. The zero-order chi connectivity index (χ0) is 23.3. The zero-order valence-electron chi connectivity index (χ0n) is 18.7. The standard InChI is InChI=1S/C25H28N2O4S/c1-18(2)20-7-9-21(10-8-20)26-25(28)17-31-23-13-11-22(12-14-23)27(4)32(29,30)24-15-5-19(3)6-16-24/h5-16,18H,17H2,1-4H3,(H,26,28). The van der Waals surface area contributed by atoms with Crippen molar-refractivity contribution in [3.8, 4) is 5.75 Å². The van der Waals surface area contributed by atoms with Crippen LogP contribution in [0.3, 0.4) is 0 Å². The van der Waals surface area contributed by atoms with Gasteiger partial charge in [0.2, 0.25) is 0 Å². The second-order valence-corrected chi connectivity index (χ2v) is 9.86. The van der Waals surface area contributed by atoms with Gasteiger partial charge in [-0.1, -0.05) is 43.7 Å². The van der Waals surface area contributed by atoms with Crippen molar-refractivity contribution in [1.82, 2.24) is 0 Å². The van der Waals surface area contributed by atoms with Crippen LogP contribution in [-0.2, 0) is 14.8 Å². The summed E-state index contributed by atoms with van der Waals surface area (Å²) in [6, 6.07) is 21.0. The van der Waals surface area contributed by atoms with Gasteiger partial charge in [0.1, 0.15) is 5.75 Å². The molecule has 1 N–H and O–H groups in total. The molecular weight excluding hydrogens is 424 g/mol. The number of nitrogens with one attached hydrogen (secondary N) is 1. The first-order valence-corrected chi connectivity index (χ1v) is 11.8. The minimum absolute atomic E-state index is 0.150. The van der Waals surface area contributed by atoms with E-state index in [1.165, 1.54) is 16.9 Å². The summed E-state index contributed by atoms with van der Waals surface area (Å²) in [5.74, 6) is 0.627. The van der Waals surface area contributed by atoms with Crippen molar-refractivity contribution in [1.29, 1.82) is 0 Å². The van der Waals surface area contributed by atoms with Crippen molar-refractivity contribution in [2.45, 2.75) is 31.6 Å². The Morgan fingerprint density at radius 3 is 2.09 bits per heavy atom. The van der Waals surface area contributed by atoms with Crippen molar-refractivity contribution in [2.75, 3.05) is 23.3 Å². The van der Waals surface area contributed by atoms with Gasteiger partial charge in [0, 0.05) is 12.7 Å². The number of carbonyl (C=O) groups is 1. The largest absolute Gasteiger partial charge is 0.484 e. The van der Waals surface area contributed by atoms with E-state index in [2.05, 4.69) is 19.2 Å². The van der Waals surface area contributed by atoms with E-state index >= 15 is 0 Å². The van der Waals surface area contributed by atoms with Gasteiger partial charge in [0.25, 0.3) is 15.9 Å². The van der Waals surface area contributed by atoms with Crippen LogP contribution in [0.4, 0.5) is 11.4 Å². The van der Waals surface area contributed by atoms with Gasteiger partial charge in [-0.05, 0) is 66.9 Å². The molecule has 1 amide bonds. The van der Waals surface area contributed by atoms with Crippen LogP contribution in [0.25, 0.3) is 0 Å². The topological polar surface area (TPSA) is 75.7 Å². The van der Waals surface area contributed by atoms with E-state index in [0.29, 0.717) is 23.0 Å². The molecule has 0 atom stereocenters. The molecule has 0 bridgehead atoms. The van der Waals surface area contributed by atoms with Crippen molar-refractivity contribution in [3.63, 3.8) is 0 Å². The van der Waals surface area contributed by atoms with Gasteiger partial charge in [0.05, 0.1) is 10.6 Å². The van der Waals surface area contributed by atoms with E-state index < -0.39 is 10.0 Å². The average Bonchev–Trinajstić information content (AvgIpc) is 2.78. The molecule has 3 rings (SSSR count). The van der Waals surface area contributed by atoms with Gasteiger partial charge in [0.15, 0.2) is 6.61 Å². The molecule has 7 heteroatoms. The van der Waals surface area contributed by atoms with E-state index in [9.17, 15) is 13.2 Å². The molecule has 32 heavy (non-hydrogen) atoms. The van der Waals surface area contributed by atoms with Gasteiger partial charge in [-0.3, -0.25) is 9.10 Å². The Hall–Kier alpha value is -3.32. The second-order valence-electron chi connectivity index (χ2n) is 7.89. The molecule has 0 saturated heterocycles. The quantitative estimate of drug-likeness (QED) is 0.524. The molecule has 0 unspecified atom stereocenters. The number of aryl methyl sites for hydroxylation is 1. The van der Waals surface area contributed by atoms with E-state index in [1.54, 1.807) is 48.5 Å². The number of hydrogen-bond acceptors (Lipinski definition) is 4. The lowest BCUT2D eigenvalue weighted by molar-refractivity contribution is -0.118. The molecule has 0 fully saturated rings. The highest BCUT2D eigenvalue weighted by atomic mass is 32.2. The van der Waals surface area contributed by atoms with Crippen LogP contribution >= 0.6 is 0 Å². The molecule has 0 aliphatic carbocycles. The summed E-state index contributed by atoms with van der Waals surface area (Å²) in [4.78, 5) is 12.4. The third kappa shape index (κ3) is 5.68. The van der Waals surface area contributed by atoms with E-state index in [4.69, 9.17) is 4.74 Å². The summed E-state index contributed by atoms with van der Waals surface area (Å²) >= 11 is 0. The molecule has 0 aliphatic rings. The monoisotopic (exact) mass is 452 g/mol. The minimum Gasteiger partial charge on any atom is -0.484 e. The van der Waals surface area contributed by atoms with Gasteiger partial charge in [-0.25, -0.2) is 8.42 Å². The highest BCUT2D eigenvalue weighted by Gasteiger charge is 2.21. The van der Waals surface area contributed by atoms with Crippen LogP contribution in [-0.4, -0.2) is 28.0 Å². The number of benzene rings is 3. The average molecular weight is 453 g/mol. The number of carbonyl (C=O) groups excluding carboxylic acids is 1. The molecule has 168 valence electrons. The van der Waals surface area contributed by atoms with Crippen LogP contribution < -0.4 is 14.4 Å². The van der Waals surface area contributed by atoms with Crippen molar-refractivity contribution in [3.05, 3.63) is 83.9 Å². The van der Waals surface area contributed by atoms with E-state index in [-0.39, 0.29) is 17.4 Å².